The summed E-state index contributed by atoms with van der Waals surface area (Å²) < 4.78 is 10.8. The fourth-order valence-corrected chi connectivity index (χ4v) is 0.0630. The van der Waals surface area contributed by atoms with Crippen LogP contribution in [0.4, 0.5) is 4.32 Å². The van der Waals surface area contributed by atoms with Gasteiger partial charge in [-0.2, -0.15) is 0 Å². The fraction of sp³-hybridized carbons (Fsp3) is 0.333. The van der Waals surface area contributed by atoms with Crippen molar-refractivity contribution in [1.29, 1.82) is 0 Å². The maximum atomic E-state index is 10.8. The van der Waals surface area contributed by atoms with E-state index in [1.807, 2.05) is 0 Å². The zero-order valence-electron chi connectivity index (χ0n) is 2.95. The third kappa shape index (κ3) is 3.73. The second-order valence-electron chi connectivity index (χ2n) is 0.679. The first-order valence-electron chi connectivity index (χ1n) is 1.44. The van der Waals surface area contributed by atoms with Gasteiger partial charge < -0.3 is 4.32 Å². The monoisotopic (exact) mass is 71.0 g/mol. The third-order valence-corrected chi connectivity index (χ3v) is 0.256. The van der Waals surface area contributed by atoms with Gasteiger partial charge in [-0.15, -0.1) is 6.58 Å². The molecule has 5 heavy (non-hydrogen) atoms. The molecule has 0 rings (SSSR count). The van der Waals surface area contributed by atoms with Crippen LogP contribution >= 0.6 is 0 Å². The van der Waals surface area contributed by atoms with Gasteiger partial charge in [0.25, 0.3) is 0 Å². The highest BCUT2D eigenvalue weighted by molar-refractivity contribution is 6.26. The molecule has 0 unspecified atom stereocenters. The van der Waals surface area contributed by atoms with E-state index in [1.165, 1.54) is 6.08 Å². The number of halogens is 1. The molecule has 0 bridgehead atoms. The smallest absolute Gasteiger partial charge is 0.342 e. The van der Waals surface area contributed by atoms with Crippen molar-refractivity contribution >= 4 is 7.56 Å². The average Bonchev–Trinajstić information content (AvgIpc) is 1.41. The van der Waals surface area contributed by atoms with Crippen molar-refractivity contribution in [3.05, 3.63) is 12.7 Å². The Labute approximate surface area is 32.0 Å². The van der Waals surface area contributed by atoms with E-state index in [2.05, 4.69) is 6.58 Å². The van der Waals surface area contributed by atoms with E-state index >= 15 is 0 Å². The molecule has 0 aromatic rings. The van der Waals surface area contributed by atoms with Crippen molar-refractivity contribution in [3.63, 3.8) is 0 Å². The van der Waals surface area contributed by atoms with Crippen molar-refractivity contribution in [3.8, 4) is 0 Å². The summed E-state index contributed by atoms with van der Waals surface area (Å²) >= 11 is 0. The van der Waals surface area contributed by atoms with Gasteiger partial charge in [-0.3, -0.25) is 0 Å². The Morgan fingerprint density at radius 2 is 2.60 bits per heavy atom. The first kappa shape index (κ1) is 4.73. The van der Waals surface area contributed by atoms with Gasteiger partial charge in [0.15, 0.2) is 0 Å². The van der Waals surface area contributed by atoms with Crippen molar-refractivity contribution in [1.82, 2.24) is 0 Å². The lowest BCUT2D eigenvalue weighted by Gasteiger charge is -1.65. The summed E-state index contributed by atoms with van der Waals surface area (Å²) in [5, 5.41) is 0. The molecular formula is C3H5BF. The number of hydrogen-bond acceptors (Lipinski definition) is 0. The van der Waals surface area contributed by atoms with Crippen LogP contribution in [0.5, 0.6) is 0 Å². The summed E-state index contributed by atoms with van der Waals surface area (Å²) in [6.07, 6.45) is 1.86. The van der Waals surface area contributed by atoms with Gasteiger partial charge in [-0.05, 0) is 6.32 Å². The lowest BCUT2D eigenvalue weighted by atomic mass is 10.0. The zero-order chi connectivity index (χ0) is 4.12. The van der Waals surface area contributed by atoms with E-state index in [4.69, 9.17) is 0 Å². The van der Waals surface area contributed by atoms with Gasteiger partial charge in [-0.1, -0.05) is 6.08 Å². The van der Waals surface area contributed by atoms with Crippen molar-refractivity contribution < 1.29 is 4.32 Å². The highest BCUT2D eigenvalue weighted by Gasteiger charge is 1.73. The van der Waals surface area contributed by atoms with Gasteiger partial charge in [0.1, 0.15) is 0 Å². The van der Waals surface area contributed by atoms with Gasteiger partial charge in [-0.25, -0.2) is 0 Å². The fourth-order valence-electron chi connectivity index (χ4n) is 0.0630. The quantitative estimate of drug-likeness (QED) is 0.338. The average molecular weight is 70.9 g/mol. The Kier molecular flexibility index (Phi) is 3.54. The highest BCUT2D eigenvalue weighted by atomic mass is 19.1. The molecule has 2 heteroatoms. The van der Waals surface area contributed by atoms with E-state index in [-0.39, 0.29) is 0 Å². The lowest BCUT2D eigenvalue weighted by Crippen LogP contribution is -1.67. The summed E-state index contributed by atoms with van der Waals surface area (Å²) in [6.45, 7) is 3.28. The third-order valence-electron chi connectivity index (χ3n) is 0.256. The summed E-state index contributed by atoms with van der Waals surface area (Å²) in [7, 11) is 0.562. The lowest BCUT2D eigenvalue weighted by molar-refractivity contribution is 0.869. The molecule has 0 saturated heterocycles. The Balaban J connectivity index is 2.40. The maximum Gasteiger partial charge on any atom is 0.358 e. The molecule has 0 aromatic heterocycles. The SMILES string of the molecule is C=CC[B]F. The van der Waals surface area contributed by atoms with Crippen LogP contribution in [-0.4, -0.2) is 7.56 Å². The number of hydrogen-bond donors (Lipinski definition) is 0. The Morgan fingerprint density at radius 3 is 2.60 bits per heavy atom. The van der Waals surface area contributed by atoms with Crippen LogP contribution in [0.25, 0.3) is 0 Å². The molecule has 0 nitrogen and oxygen atoms in total. The molecular weight excluding hydrogens is 65.8 g/mol. The molecule has 0 N–H and O–H groups in total. The Bertz CT molecular complexity index is 28.1. The largest absolute Gasteiger partial charge is 0.358 e. The van der Waals surface area contributed by atoms with Crippen LogP contribution in [0.15, 0.2) is 12.7 Å². The van der Waals surface area contributed by atoms with Crippen LogP contribution in [0.3, 0.4) is 0 Å². The van der Waals surface area contributed by atoms with Gasteiger partial charge in [0.05, 0.1) is 0 Å². The first-order valence-corrected chi connectivity index (χ1v) is 1.44. The predicted octanol–water partition coefficient (Wildman–Crippen LogP) is 1.18. The number of allylic oxidation sites excluding steroid dienone is 1. The normalized spacial score (nSPS) is 6.60. The summed E-state index contributed by atoms with van der Waals surface area (Å²) in [6, 6.07) is 0. The second-order valence-corrected chi connectivity index (χ2v) is 0.679. The highest BCUT2D eigenvalue weighted by Crippen LogP contribution is 1.74. The van der Waals surface area contributed by atoms with E-state index in [0.717, 1.165) is 0 Å². The predicted molar refractivity (Wildman–Crippen MR) is 21.9 cm³/mol. The second kappa shape index (κ2) is 3.73. The van der Waals surface area contributed by atoms with Crippen LogP contribution in [0.1, 0.15) is 0 Å². The molecule has 0 aliphatic carbocycles. The first-order chi connectivity index (χ1) is 2.41. The summed E-state index contributed by atoms with van der Waals surface area (Å²) in [5.74, 6) is 0. The van der Waals surface area contributed by atoms with Crippen molar-refractivity contribution in [2.24, 2.45) is 0 Å². The van der Waals surface area contributed by atoms with Crippen LogP contribution in [-0.2, 0) is 0 Å². The molecule has 0 amide bonds. The van der Waals surface area contributed by atoms with Gasteiger partial charge in [0, 0.05) is 0 Å². The molecule has 0 aromatic carbocycles. The van der Waals surface area contributed by atoms with E-state index < -0.39 is 0 Å². The van der Waals surface area contributed by atoms with Crippen molar-refractivity contribution in [2.75, 3.05) is 0 Å². The molecule has 1 radical (unpaired) electrons. The summed E-state index contributed by atoms with van der Waals surface area (Å²) in [4.78, 5) is 0. The molecule has 0 saturated carbocycles. The van der Waals surface area contributed by atoms with E-state index in [1.54, 1.807) is 0 Å². The number of rotatable bonds is 2. The zero-order valence-corrected chi connectivity index (χ0v) is 2.95. The minimum Gasteiger partial charge on any atom is -0.342 e. The van der Waals surface area contributed by atoms with Crippen LogP contribution in [0, 0.1) is 0 Å². The minimum absolute atomic E-state index is 0.361. The topological polar surface area (TPSA) is 0 Å². The molecule has 0 aliphatic heterocycles. The van der Waals surface area contributed by atoms with E-state index in [9.17, 15) is 4.32 Å². The molecule has 0 atom stereocenters. The Morgan fingerprint density at radius 1 is 2.00 bits per heavy atom. The van der Waals surface area contributed by atoms with Gasteiger partial charge in [0.2, 0.25) is 0 Å². The molecule has 0 aliphatic rings. The maximum absolute atomic E-state index is 10.8. The van der Waals surface area contributed by atoms with Crippen LogP contribution in [0.2, 0.25) is 6.32 Å². The van der Waals surface area contributed by atoms with Gasteiger partial charge >= 0.3 is 7.56 Å². The molecule has 0 heterocycles. The van der Waals surface area contributed by atoms with Crippen molar-refractivity contribution in [2.45, 2.75) is 6.32 Å². The minimum atomic E-state index is 0.361. The van der Waals surface area contributed by atoms with E-state index in [0.29, 0.717) is 13.9 Å². The standard InChI is InChI=1S/C3H5BF/c1-2-3-4-5/h2H,1,3H2. The molecule has 0 fully saturated rings. The molecule has 0 spiro atoms. The molecule has 27 valence electrons. The van der Waals surface area contributed by atoms with Crippen LogP contribution < -0.4 is 0 Å². The Hall–Kier alpha value is -0.265. The summed E-state index contributed by atoms with van der Waals surface area (Å²) in [5.41, 5.74) is 0.